The first kappa shape index (κ1) is 11.7. The van der Waals surface area contributed by atoms with E-state index in [1.54, 1.807) is 0 Å². The lowest BCUT2D eigenvalue weighted by Crippen LogP contribution is -2.14. The third kappa shape index (κ3) is 3.08. The van der Waals surface area contributed by atoms with E-state index in [1.165, 1.54) is 37.7 Å². The molecule has 1 heteroatoms. The minimum absolute atomic E-state index is 0.162. The standard InChI is InChI=1S/C15H22O/c1-12-5-7-13(8-6-12)9-14-3-2-4-15(10-14)11-16/h2-4,10,12-13,16H,5-9,11H2,1H3. The molecule has 0 atom stereocenters. The van der Waals surface area contributed by atoms with Crippen molar-refractivity contribution in [3.63, 3.8) is 0 Å². The molecule has 1 aromatic carbocycles. The summed E-state index contributed by atoms with van der Waals surface area (Å²) < 4.78 is 0. The molecule has 2 rings (SSSR count). The van der Waals surface area contributed by atoms with Crippen LogP contribution < -0.4 is 0 Å². The normalized spacial score (nSPS) is 25.6. The predicted molar refractivity (Wildman–Crippen MR) is 67.2 cm³/mol. The van der Waals surface area contributed by atoms with Crippen LogP contribution in [0.5, 0.6) is 0 Å². The van der Waals surface area contributed by atoms with Crippen LogP contribution in [0, 0.1) is 11.8 Å². The Bertz CT molecular complexity index is 324. The minimum Gasteiger partial charge on any atom is -0.392 e. The van der Waals surface area contributed by atoms with Crippen LogP contribution in [0.2, 0.25) is 0 Å². The Morgan fingerprint density at radius 3 is 2.50 bits per heavy atom. The third-order valence-electron chi connectivity index (χ3n) is 3.83. The summed E-state index contributed by atoms with van der Waals surface area (Å²) in [5, 5.41) is 9.10. The van der Waals surface area contributed by atoms with Gasteiger partial charge in [0.15, 0.2) is 0 Å². The SMILES string of the molecule is CC1CCC(Cc2cccc(CO)c2)CC1. The van der Waals surface area contributed by atoms with Gasteiger partial charge in [0, 0.05) is 0 Å². The number of aliphatic hydroxyl groups excluding tert-OH is 1. The summed E-state index contributed by atoms with van der Waals surface area (Å²) in [6.07, 6.45) is 6.74. The summed E-state index contributed by atoms with van der Waals surface area (Å²) in [6, 6.07) is 8.40. The molecule has 1 aliphatic carbocycles. The van der Waals surface area contributed by atoms with Gasteiger partial charge in [0.05, 0.1) is 6.61 Å². The molecule has 16 heavy (non-hydrogen) atoms. The fourth-order valence-corrected chi connectivity index (χ4v) is 2.72. The predicted octanol–water partition coefficient (Wildman–Crippen LogP) is 3.55. The Balaban J connectivity index is 1.93. The van der Waals surface area contributed by atoms with E-state index < -0.39 is 0 Å². The second kappa shape index (κ2) is 5.49. The number of hydrogen-bond donors (Lipinski definition) is 1. The molecule has 1 nitrogen and oxygen atoms in total. The zero-order chi connectivity index (χ0) is 11.4. The molecule has 88 valence electrons. The Kier molecular flexibility index (Phi) is 4.00. The molecule has 0 saturated heterocycles. The van der Waals surface area contributed by atoms with Crippen LogP contribution in [0.4, 0.5) is 0 Å². The topological polar surface area (TPSA) is 20.2 Å². The van der Waals surface area contributed by atoms with E-state index in [4.69, 9.17) is 5.11 Å². The fraction of sp³-hybridized carbons (Fsp3) is 0.600. The first-order valence-corrected chi connectivity index (χ1v) is 6.46. The summed E-state index contributed by atoms with van der Waals surface area (Å²) >= 11 is 0. The van der Waals surface area contributed by atoms with Gasteiger partial charge in [0.1, 0.15) is 0 Å². The summed E-state index contributed by atoms with van der Waals surface area (Å²) in [5.41, 5.74) is 2.44. The molecule has 0 amide bonds. The Morgan fingerprint density at radius 2 is 1.81 bits per heavy atom. The molecular weight excluding hydrogens is 196 g/mol. The van der Waals surface area contributed by atoms with Crippen LogP contribution in [0.15, 0.2) is 24.3 Å². The molecule has 0 spiro atoms. The number of aliphatic hydroxyl groups is 1. The van der Waals surface area contributed by atoms with Crippen molar-refractivity contribution in [1.29, 1.82) is 0 Å². The lowest BCUT2D eigenvalue weighted by molar-refractivity contribution is 0.280. The quantitative estimate of drug-likeness (QED) is 0.822. The first-order chi connectivity index (χ1) is 7.78. The van der Waals surface area contributed by atoms with E-state index in [2.05, 4.69) is 25.1 Å². The van der Waals surface area contributed by atoms with Gasteiger partial charge in [0.2, 0.25) is 0 Å². The van der Waals surface area contributed by atoms with E-state index >= 15 is 0 Å². The molecular formula is C15H22O. The Hall–Kier alpha value is -0.820. The van der Waals surface area contributed by atoms with Crippen LogP contribution in [0.25, 0.3) is 0 Å². The van der Waals surface area contributed by atoms with E-state index in [0.717, 1.165) is 17.4 Å². The molecule has 0 unspecified atom stereocenters. The highest BCUT2D eigenvalue weighted by Crippen LogP contribution is 2.30. The molecule has 0 aromatic heterocycles. The maximum absolute atomic E-state index is 9.10. The van der Waals surface area contributed by atoms with Crippen LogP contribution in [0.3, 0.4) is 0 Å². The highest BCUT2D eigenvalue weighted by molar-refractivity contribution is 5.23. The van der Waals surface area contributed by atoms with Crippen LogP contribution >= 0.6 is 0 Å². The van der Waals surface area contributed by atoms with E-state index in [-0.39, 0.29) is 6.61 Å². The Morgan fingerprint density at radius 1 is 1.12 bits per heavy atom. The van der Waals surface area contributed by atoms with Crippen molar-refractivity contribution < 1.29 is 5.11 Å². The summed E-state index contributed by atoms with van der Waals surface area (Å²) in [5.74, 6) is 1.80. The van der Waals surface area contributed by atoms with Crippen molar-refractivity contribution in [2.45, 2.75) is 45.6 Å². The monoisotopic (exact) mass is 218 g/mol. The van der Waals surface area contributed by atoms with Gasteiger partial charge in [-0.15, -0.1) is 0 Å². The molecule has 0 radical (unpaired) electrons. The number of hydrogen-bond acceptors (Lipinski definition) is 1. The maximum Gasteiger partial charge on any atom is 0.0681 e. The Labute approximate surface area is 98.5 Å². The van der Waals surface area contributed by atoms with Crippen molar-refractivity contribution >= 4 is 0 Å². The van der Waals surface area contributed by atoms with Gasteiger partial charge in [0.25, 0.3) is 0 Å². The van der Waals surface area contributed by atoms with Crippen molar-refractivity contribution in [1.82, 2.24) is 0 Å². The highest BCUT2D eigenvalue weighted by Gasteiger charge is 2.18. The zero-order valence-electron chi connectivity index (χ0n) is 10.2. The minimum atomic E-state index is 0.162. The lowest BCUT2D eigenvalue weighted by atomic mass is 9.80. The van der Waals surface area contributed by atoms with Gasteiger partial charge < -0.3 is 5.11 Å². The van der Waals surface area contributed by atoms with Gasteiger partial charge in [-0.05, 0) is 42.2 Å². The first-order valence-electron chi connectivity index (χ1n) is 6.46. The van der Waals surface area contributed by atoms with Crippen LogP contribution in [-0.4, -0.2) is 5.11 Å². The van der Waals surface area contributed by atoms with Gasteiger partial charge in [-0.2, -0.15) is 0 Å². The average molecular weight is 218 g/mol. The highest BCUT2D eigenvalue weighted by atomic mass is 16.3. The van der Waals surface area contributed by atoms with Crippen molar-refractivity contribution in [3.8, 4) is 0 Å². The summed E-state index contributed by atoms with van der Waals surface area (Å²) in [6.45, 7) is 2.53. The van der Waals surface area contributed by atoms with Crippen LogP contribution in [0.1, 0.15) is 43.7 Å². The second-order valence-corrected chi connectivity index (χ2v) is 5.31. The van der Waals surface area contributed by atoms with E-state index in [0.29, 0.717) is 0 Å². The maximum atomic E-state index is 9.10. The molecule has 1 N–H and O–H groups in total. The van der Waals surface area contributed by atoms with E-state index in [1.807, 2.05) is 6.07 Å². The van der Waals surface area contributed by atoms with E-state index in [9.17, 15) is 0 Å². The number of rotatable bonds is 3. The third-order valence-corrected chi connectivity index (χ3v) is 3.83. The zero-order valence-corrected chi connectivity index (χ0v) is 10.2. The largest absolute Gasteiger partial charge is 0.392 e. The molecule has 1 aliphatic rings. The molecule has 1 aromatic rings. The average Bonchev–Trinajstić information content (AvgIpc) is 2.32. The summed E-state index contributed by atoms with van der Waals surface area (Å²) in [7, 11) is 0. The number of benzene rings is 1. The lowest BCUT2D eigenvalue weighted by Gasteiger charge is -2.26. The van der Waals surface area contributed by atoms with Crippen LogP contribution in [-0.2, 0) is 13.0 Å². The molecule has 0 bridgehead atoms. The van der Waals surface area contributed by atoms with Crippen molar-refractivity contribution in [3.05, 3.63) is 35.4 Å². The van der Waals surface area contributed by atoms with Gasteiger partial charge in [-0.1, -0.05) is 44.0 Å². The van der Waals surface area contributed by atoms with Crippen molar-refractivity contribution in [2.24, 2.45) is 11.8 Å². The second-order valence-electron chi connectivity index (χ2n) is 5.31. The van der Waals surface area contributed by atoms with Crippen molar-refractivity contribution in [2.75, 3.05) is 0 Å². The summed E-state index contributed by atoms with van der Waals surface area (Å²) in [4.78, 5) is 0. The van der Waals surface area contributed by atoms with Gasteiger partial charge in [-0.25, -0.2) is 0 Å². The molecule has 0 aliphatic heterocycles. The fourth-order valence-electron chi connectivity index (χ4n) is 2.72. The van der Waals surface area contributed by atoms with Gasteiger partial charge >= 0.3 is 0 Å². The molecule has 1 saturated carbocycles. The molecule has 0 heterocycles. The smallest absolute Gasteiger partial charge is 0.0681 e. The van der Waals surface area contributed by atoms with Gasteiger partial charge in [-0.3, -0.25) is 0 Å². The molecule has 1 fully saturated rings.